The third kappa shape index (κ3) is 5.55. The van der Waals surface area contributed by atoms with Crippen molar-refractivity contribution in [3.63, 3.8) is 0 Å². The number of methoxy groups -OCH3 is 2. The van der Waals surface area contributed by atoms with E-state index in [1.807, 2.05) is 18.2 Å². The first-order valence-electron chi connectivity index (χ1n) is 9.02. The van der Waals surface area contributed by atoms with Gasteiger partial charge < -0.3 is 14.8 Å². The van der Waals surface area contributed by atoms with Gasteiger partial charge in [0.15, 0.2) is 21.3 Å². The molecule has 0 atom stereocenters. The molecule has 0 aliphatic heterocycles. The molecule has 8 nitrogen and oxygen atoms in total. The standard InChI is InChI=1S/C20H21N3O5S2/c1-27-16-9-8-14(12-17(16)28-2)13-19-22-23-20(29-19)21-18(24)10-11-30(25,26)15-6-4-3-5-7-15/h3-9,12H,10-11,13H2,1-2H3,(H,21,23,24). The van der Waals surface area contributed by atoms with Gasteiger partial charge in [0.25, 0.3) is 0 Å². The molecule has 0 saturated carbocycles. The number of amides is 1. The molecule has 0 bridgehead atoms. The van der Waals surface area contributed by atoms with Crippen LogP contribution in [0.4, 0.5) is 5.13 Å². The van der Waals surface area contributed by atoms with E-state index in [0.717, 1.165) is 5.56 Å². The van der Waals surface area contributed by atoms with Crippen molar-refractivity contribution in [1.82, 2.24) is 10.2 Å². The van der Waals surface area contributed by atoms with E-state index < -0.39 is 15.7 Å². The van der Waals surface area contributed by atoms with Gasteiger partial charge in [-0.1, -0.05) is 35.6 Å². The first-order chi connectivity index (χ1) is 14.4. The van der Waals surface area contributed by atoms with Crippen LogP contribution in [0.15, 0.2) is 53.4 Å². The molecule has 158 valence electrons. The number of rotatable bonds is 9. The van der Waals surface area contributed by atoms with Gasteiger partial charge >= 0.3 is 0 Å². The molecule has 0 spiro atoms. The molecule has 1 amide bonds. The summed E-state index contributed by atoms with van der Waals surface area (Å²) in [5, 5.41) is 11.7. The van der Waals surface area contributed by atoms with E-state index in [1.165, 1.54) is 23.5 Å². The summed E-state index contributed by atoms with van der Waals surface area (Å²) in [6.07, 6.45) is 0.345. The van der Waals surface area contributed by atoms with Gasteiger partial charge in [0.2, 0.25) is 11.0 Å². The highest BCUT2D eigenvalue weighted by molar-refractivity contribution is 7.91. The van der Waals surface area contributed by atoms with E-state index in [9.17, 15) is 13.2 Å². The predicted molar refractivity (Wildman–Crippen MR) is 114 cm³/mol. The van der Waals surface area contributed by atoms with Gasteiger partial charge in [0, 0.05) is 12.8 Å². The fraction of sp³-hybridized carbons (Fsp3) is 0.250. The van der Waals surface area contributed by atoms with Crippen molar-refractivity contribution in [2.24, 2.45) is 0 Å². The van der Waals surface area contributed by atoms with E-state index in [1.54, 1.807) is 32.4 Å². The Labute approximate surface area is 178 Å². The van der Waals surface area contributed by atoms with Gasteiger partial charge in [-0.2, -0.15) is 0 Å². The van der Waals surface area contributed by atoms with Crippen LogP contribution in [0.3, 0.4) is 0 Å². The van der Waals surface area contributed by atoms with Crippen LogP contribution in [0.5, 0.6) is 11.5 Å². The van der Waals surface area contributed by atoms with Gasteiger partial charge in [-0.05, 0) is 29.8 Å². The molecule has 0 radical (unpaired) electrons. The van der Waals surface area contributed by atoms with Crippen LogP contribution < -0.4 is 14.8 Å². The molecule has 1 N–H and O–H groups in total. The maximum Gasteiger partial charge on any atom is 0.227 e. The Morgan fingerprint density at radius 2 is 1.77 bits per heavy atom. The number of sulfone groups is 1. The van der Waals surface area contributed by atoms with E-state index in [-0.39, 0.29) is 17.1 Å². The lowest BCUT2D eigenvalue weighted by molar-refractivity contribution is -0.115. The summed E-state index contributed by atoms with van der Waals surface area (Å²) in [4.78, 5) is 12.3. The Hall–Kier alpha value is -2.98. The summed E-state index contributed by atoms with van der Waals surface area (Å²) in [5.74, 6) is 0.549. The van der Waals surface area contributed by atoms with Crippen molar-refractivity contribution in [2.75, 3.05) is 25.3 Å². The molecule has 2 aromatic carbocycles. The molecular weight excluding hydrogens is 426 g/mol. The van der Waals surface area contributed by atoms with Crippen LogP contribution in [-0.4, -0.2) is 44.5 Å². The minimum atomic E-state index is -3.51. The maximum atomic E-state index is 12.3. The number of aromatic nitrogens is 2. The fourth-order valence-corrected chi connectivity index (χ4v) is 4.75. The number of hydrogen-bond acceptors (Lipinski definition) is 8. The largest absolute Gasteiger partial charge is 0.493 e. The lowest BCUT2D eigenvalue weighted by Crippen LogP contribution is -2.17. The number of nitrogens with one attached hydrogen (secondary N) is 1. The molecule has 1 aromatic heterocycles. The first-order valence-corrected chi connectivity index (χ1v) is 11.5. The van der Waals surface area contributed by atoms with Crippen LogP contribution in [-0.2, 0) is 21.1 Å². The molecule has 0 aliphatic carbocycles. The minimum absolute atomic E-state index is 0.165. The second kappa shape index (κ2) is 9.68. The van der Waals surface area contributed by atoms with Crippen molar-refractivity contribution in [2.45, 2.75) is 17.7 Å². The number of anilines is 1. The molecule has 3 aromatic rings. The van der Waals surface area contributed by atoms with Crippen molar-refractivity contribution in [3.8, 4) is 11.5 Å². The molecule has 1 heterocycles. The first kappa shape index (κ1) is 21.7. The number of carbonyl (C=O) groups is 1. The van der Waals surface area contributed by atoms with E-state index in [4.69, 9.17) is 9.47 Å². The van der Waals surface area contributed by atoms with Crippen LogP contribution in [0, 0.1) is 0 Å². The molecule has 0 saturated heterocycles. The molecular formula is C20H21N3O5S2. The highest BCUT2D eigenvalue weighted by atomic mass is 32.2. The zero-order valence-electron chi connectivity index (χ0n) is 16.5. The second-order valence-corrected chi connectivity index (χ2v) is 9.47. The van der Waals surface area contributed by atoms with Gasteiger partial charge in [-0.3, -0.25) is 4.79 Å². The SMILES string of the molecule is COc1ccc(Cc2nnc(NC(=O)CCS(=O)(=O)c3ccccc3)s2)cc1OC. The average Bonchev–Trinajstić information content (AvgIpc) is 3.19. The molecule has 10 heteroatoms. The number of benzene rings is 2. The van der Waals surface area contributed by atoms with Gasteiger partial charge in [-0.25, -0.2) is 8.42 Å². The fourth-order valence-electron chi connectivity index (χ4n) is 2.70. The predicted octanol–water partition coefficient (Wildman–Crippen LogP) is 2.95. The zero-order valence-corrected chi connectivity index (χ0v) is 18.1. The number of hydrogen-bond donors (Lipinski definition) is 1. The molecule has 3 rings (SSSR count). The Kier molecular flexibility index (Phi) is 7.01. The molecule has 0 unspecified atom stereocenters. The van der Waals surface area contributed by atoms with Crippen molar-refractivity contribution in [1.29, 1.82) is 0 Å². The minimum Gasteiger partial charge on any atom is -0.493 e. The van der Waals surface area contributed by atoms with E-state index >= 15 is 0 Å². The summed E-state index contributed by atoms with van der Waals surface area (Å²) in [7, 11) is -0.372. The summed E-state index contributed by atoms with van der Waals surface area (Å²) in [5.41, 5.74) is 0.954. The van der Waals surface area contributed by atoms with Gasteiger partial charge in [0.05, 0.1) is 24.9 Å². The van der Waals surface area contributed by atoms with Crippen LogP contribution in [0.2, 0.25) is 0 Å². The number of nitrogens with zero attached hydrogens (tertiary/aromatic N) is 2. The molecule has 0 fully saturated rings. The second-order valence-electron chi connectivity index (χ2n) is 6.30. The average molecular weight is 448 g/mol. The number of carbonyl (C=O) groups excluding carboxylic acids is 1. The van der Waals surface area contributed by atoms with Crippen molar-refractivity contribution in [3.05, 3.63) is 59.1 Å². The summed E-state index contributed by atoms with van der Waals surface area (Å²) in [6, 6.07) is 13.6. The highest BCUT2D eigenvalue weighted by Gasteiger charge is 2.17. The quantitative estimate of drug-likeness (QED) is 0.537. The van der Waals surface area contributed by atoms with Gasteiger partial charge in [-0.15, -0.1) is 10.2 Å². The zero-order chi connectivity index (χ0) is 21.6. The van der Waals surface area contributed by atoms with E-state index in [0.29, 0.717) is 28.1 Å². The van der Waals surface area contributed by atoms with E-state index in [2.05, 4.69) is 15.5 Å². The Balaban J connectivity index is 1.57. The number of ether oxygens (including phenoxy) is 2. The molecule has 0 aliphatic rings. The summed E-state index contributed by atoms with van der Waals surface area (Å²) in [6.45, 7) is 0. The lowest BCUT2D eigenvalue weighted by atomic mass is 10.1. The summed E-state index contributed by atoms with van der Waals surface area (Å²) >= 11 is 1.23. The Morgan fingerprint density at radius 3 is 2.47 bits per heavy atom. The topological polar surface area (TPSA) is 107 Å². The smallest absolute Gasteiger partial charge is 0.227 e. The Bertz CT molecular complexity index is 1110. The maximum absolute atomic E-state index is 12.3. The normalized spacial score (nSPS) is 11.1. The van der Waals surface area contributed by atoms with Crippen LogP contribution in [0.1, 0.15) is 17.0 Å². The Morgan fingerprint density at radius 1 is 1.03 bits per heavy atom. The lowest BCUT2D eigenvalue weighted by Gasteiger charge is -2.08. The van der Waals surface area contributed by atoms with Crippen molar-refractivity contribution >= 4 is 32.2 Å². The highest BCUT2D eigenvalue weighted by Crippen LogP contribution is 2.29. The molecule has 30 heavy (non-hydrogen) atoms. The third-order valence-corrected chi connectivity index (χ3v) is 6.79. The third-order valence-electron chi connectivity index (χ3n) is 4.22. The van der Waals surface area contributed by atoms with Crippen LogP contribution in [0.25, 0.3) is 0 Å². The van der Waals surface area contributed by atoms with Gasteiger partial charge in [0.1, 0.15) is 5.01 Å². The summed E-state index contributed by atoms with van der Waals surface area (Å²) < 4.78 is 35.1. The van der Waals surface area contributed by atoms with Crippen LogP contribution >= 0.6 is 11.3 Å². The monoisotopic (exact) mass is 447 g/mol. The van der Waals surface area contributed by atoms with Crippen molar-refractivity contribution < 1.29 is 22.7 Å².